The Labute approximate surface area is 202 Å². The number of sulfonamides is 1. The Morgan fingerprint density at radius 2 is 1.62 bits per heavy atom. The van der Waals surface area contributed by atoms with E-state index in [2.05, 4.69) is 5.32 Å². The Balaban J connectivity index is 2.45. The van der Waals surface area contributed by atoms with Crippen LogP contribution in [0.1, 0.15) is 44.4 Å². The first kappa shape index (κ1) is 27.3. The number of anilines is 1. The molecule has 0 radical (unpaired) electrons. The third-order valence-electron chi connectivity index (χ3n) is 5.14. The van der Waals surface area contributed by atoms with Gasteiger partial charge in [-0.05, 0) is 70.9 Å². The average molecular weight is 492 g/mol. The number of benzene rings is 2. The summed E-state index contributed by atoms with van der Waals surface area (Å²) in [5, 5.41) is 2.83. The molecule has 0 aliphatic carbocycles. The molecule has 0 bridgehead atoms. The van der Waals surface area contributed by atoms with Crippen LogP contribution in [0.15, 0.2) is 42.5 Å². The number of carbonyl (C=O) groups is 2. The molecular formula is C25H34FN3O4S. The summed E-state index contributed by atoms with van der Waals surface area (Å²) in [6.07, 6.45) is 1.02. The van der Waals surface area contributed by atoms with Gasteiger partial charge in [0.25, 0.3) is 0 Å². The Hall–Kier alpha value is -2.94. The molecule has 2 aromatic rings. The molecule has 34 heavy (non-hydrogen) atoms. The number of amides is 2. The highest BCUT2D eigenvalue weighted by Crippen LogP contribution is 2.22. The van der Waals surface area contributed by atoms with Crippen LogP contribution < -0.4 is 9.62 Å². The summed E-state index contributed by atoms with van der Waals surface area (Å²) in [5.74, 6) is -1.56. The number of carbonyl (C=O) groups excluding carboxylic acids is 2. The maximum Gasteiger partial charge on any atom is 0.244 e. The van der Waals surface area contributed by atoms with Crippen molar-refractivity contribution in [2.75, 3.05) is 17.1 Å². The van der Waals surface area contributed by atoms with Gasteiger partial charge >= 0.3 is 0 Å². The number of nitrogens with one attached hydrogen (secondary N) is 1. The zero-order valence-corrected chi connectivity index (χ0v) is 21.7. The Morgan fingerprint density at radius 1 is 1.06 bits per heavy atom. The van der Waals surface area contributed by atoms with Gasteiger partial charge in [0.15, 0.2) is 0 Å². The van der Waals surface area contributed by atoms with Gasteiger partial charge in [0.2, 0.25) is 21.8 Å². The number of nitrogens with zero attached hydrogens (tertiary/aromatic N) is 2. The van der Waals surface area contributed by atoms with Gasteiger partial charge in [-0.1, -0.05) is 24.3 Å². The lowest BCUT2D eigenvalue weighted by molar-refractivity contribution is -0.140. The third kappa shape index (κ3) is 7.55. The molecule has 9 heteroatoms. The molecule has 0 heterocycles. The fraction of sp³-hybridized carbons (Fsp3) is 0.440. The first-order valence-electron chi connectivity index (χ1n) is 11.0. The molecule has 1 N–H and O–H groups in total. The molecular weight excluding hydrogens is 457 g/mol. The molecule has 7 nitrogen and oxygen atoms in total. The maximum absolute atomic E-state index is 14.4. The smallest absolute Gasteiger partial charge is 0.244 e. The van der Waals surface area contributed by atoms with Crippen molar-refractivity contribution < 1.29 is 22.4 Å². The van der Waals surface area contributed by atoms with Crippen LogP contribution in [-0.4, -0.2) is 49.5 Å². The summed E-state index contributed by atoms with van der Waals surface area (Å²) in [7, 11) is -3.82. The Kier molecular flexibility index (Phi) is 8.47. The highest BCUT2D eigenvalue weighted by molar-refractivity contribution is 7.92. The van der Waals surface area contributed by atoms with Crippen LogP contribution in [0.25, 0.3) is 0 Å². The van der Waals surface area contributed by atoms with E-state index in [4.69, 9.17) is 0 Å². The van der Waals surface area contributed by atoms with Crippen LogP contribution in [0.2, 0.25) is 0 Å². The second-order valence-electron chi connectivity index (χ2n) is 9.64. The van der Waals surface area contributed by atoms with Gasteiger partial charge in [-0.2, -0.15) is 0 Å². The van der Waals surface area contributed by atoms with Crippen molar-refractivity contribution in [3.63, 3.8) is 0 Å². The van der Waals surface area contributed by atoms with Crippen molar-refractivity contribution in [2.45, 2.75) is 59.7 Å². The summed E-state index contributed by atoms with van der Waals surface area (Å²) in [5.41, 5.74) is 1.72. The van der Waals surface area contributed by atoms with E-state index in [0.29, 0.717) is 5.69 Å². The fourth-order valence-electron chi connectivity index (χ4n) is 3.58. The van der Waals surface area contributed by atoms with Gasteiger partial charge in [0, 0.05) is 17.6 Å². The van der Waals surface area contributed by atoms with Crippen LogP contribution in [0.4, 0.5) is 10.1 Å². The monoisotopic (exact) mass is 491 g/mol. The van der Waals surface area contributed by atoms with Crippen molar-refractivity contribution in [3.8, 4) is 0 Å². The second kappa shape index (κ2) is 10.5. The summed E-state index contributed by atoms with van der Waals surface area (Å²) < 4.78 is 40.7. The zero-order valence-electron chi connectivity index (χ0n) is 20.8. The van der Waals surface area contributed by atoms with Crippen molar-refractivity contribution >= 4 is 27.5 Å². The predicted molar refractivity (Wildman–Crippen MR) is 132 cm³/mol. The average Bonchev–Trinajstić information content (AvgIpc) is 2.67. The molecule has 0 aliphatic heterocycles. The van der Waals surface area contributed by atoms with Crippen LogP contribution >= 0.6 is 0 Å². The molecule has 2 amide bonds. The molecule has 0 fully saturated rings. The normalized spacial score (nSPS) is 12.7. The Morgan fingerprint density at radius 3 is 2.12 bits per heavy atom. The zero-order chi connectivity index (χ0) is 25.8. The maximum atomic E-state index is 14.4. The fourth-order valence-corrected chi connectivity index (χ4v) is 4.41. The number of aryl methyl sites for hydroxylation is 2. The topological polar surface area (TPSA) is 86.8 Å². The molecule has 0 aliphatic rings. The van der Waals surface area contributed by atoms with E-state index >= 15 is 0 Å². The van der Waals surface area contributed by atoms with E-state index in [-0.39, 0.29) is 12.1 Å². The second-order valence-corrected chi connectivity index (χ2v) is 11.6. The van der Waals surface area contributed by atoms with E-state index < -0.39 is 45.8 Å². The predicted octanol–water partition coefficient (Wildman–Crippen LogP) is 3.54. The lowest BCUT2D eigenvalue weighted by atomic mass is 10.1. The minimum absolute atomic E-state index is 0.186. The van der Waals surface area contributed by atoms with Crippen LogP contribution in [0.3, 0.4) is 0 Å². The van der Waals surface area contributed by atoms with Crippen molar-refractivity contribution in [2.24, 2.45) is 0 Å². The van der Waals surface area contributed by atoms with Gasteiger partial charge in [0.1, 0.15) is 18.4 Å². The van der Waals surface area contributed by atoms with E-state index in [1.165, 1.54) is 23.1 Å². The van der Waals surface area contributed by atoms with Gasteiger partial charge < -0.3 is 10.2 Å². The summed E-state index contributed by atoms with van der Waals surface area (Å²) >= 11 is 0. The van der Waals surface area contributed by atoms with Gasteiger partial charge in [0.05, 0.1) is 11.9 Å². The number of hydrogen-bond donors (Lipinski definition) is 1. The molecule has 186 valence electrons. The van der Waals surface area contributed by atoms with Crippen LogP contribution in [-0.2, 0) is 26.2 Å². The third-order valence-corrected chi connectivity index (χ3v) is 6.28. The highest BCUT2D eigenvalue weighted by Gasteiger charge is 2.31. The van der Waals surface area contributed by atoms with Crippen molar-refractivity contribution in [1.82, 2.24) is 10.2 Å². The van der Waals surface area contributed by atoms with Crippen molar-refractivity contribution in [1.29, 1.82) is 0 Å². The molecule has 0 saturated heterocycles. The quantitative estimate of drug-likeness (QED) is 0.612. The van der Waals surface area contributed by atoms with Crippen LogP contribution in [0, 0.1) is 19.7 Å². The first-order valence-corrected chi connectivity index (χ1v) is 12.8. The van der Waals surface area contributed by atoms with Crippen molar-refractivity contribution in [3.05, 3.63) is 65.0 Å². The van der Waals surface area contributed by atoms with E-state index in [1.54, 1.807) is 25.1 Å². The summed E-state index contributed by atoms with van der Waals surface area (Å²) in [6.45, 7) is 9.94. The highest BCUT2D eigenvalue weighted by atomic mass is 32.2. The van der Waals surface area contributed by atoms with Gasteiger partial charge in [-0.3, -0.25) is 13.9 Å². The standard InChI is InChI=1S/C25H34FN3O4S/c1-17-12-18(2)14-21(13-17)29(34(7,32)33)16-23(30)28(15-20-10-8-9-11-22(20)26)19(3)24(31)27-25(4,5)6/h8-14,19H,15-16H2,1-7H3,(H,27,31)/t19-/m0/s1. The molecule has 2 rings (SSSR count). The molecule has 0 unspecified atom stereocenters. The largest absolute Gasteiger partial charge is 0.350 e. The van der Waals surface area contributed by atoms with E-state index in [1.807, 2.05) is 40.7 Å². The van der Waals surface area contributed by atoms with Crippen LogP contribution in [0.5, 0.6) is 0 Å². The SMILES string of the molecule is Cc1cc(C)cc(N(CC(=O)N(Cc2ccccc2F)[C@@H](C)C(=O)NC(C)(C)C)S(C)(=O)=O)c1. The first-order chi connectivity index (χ1) is 15.6. The van der Waals surface area contributed by atoms with E-state index in [9.17, 15) is 22.4 Å². The minimum Gasteiger partial charge on any atom is -0.350 e. The summed E-state index contributed by atoms with van der Waals surface area (Å²) in [4.78, 5) is 27.6. The molecule has 0 spiro atoms. The van der Waals surface area contributed by atoms with Gasteiger partial charge in [-0.15, -0.1) is 0 Å². The molecule has 1 atom stereocenters. The lowest BCUT2D eigenvalue weighted by Gasteiger charge is -2.33. The minimum atomic E-state index is -3.82. The lowest BCUT2D eigenvalue weighted by Crippen LogP contribution is -2.54. The van der Waals surface area contributed by atoms with Gasteiger partial charge in [-0.25, -0.2) is 12.8 Å². The molecule has 0 saturated carbocycles. The Bertz CT molecular complexity index is 1140. The molecule has 0 aromatic heterocycles. The number of halogens is 1. The number of hydrogen-bond acceptors (Lipinski definition) is 4. The molecule has 2 aromatic carbocycles. The number of rotatable bonds is 8. The summed E-state index contributed by atoms with van der Waals surface area (Å²) in [6, 6.07) is 10.3. The van der Waals surface area contributed by atoms with E-state index in [0.717, 1.165) is 21.7 Å².